The fraction of sp³-hybridized carbons (Fsp3) is 0.312. The molecule has 2 aromatic rings. The number of aromatic nitrogens is 2. The lowest BCUT2D eigenvalue weighted by Gasteiger charge is -2.12. The van der Waals surface area contributed by atoms with Crippen LogP contribution in [-0.4, -0.2) is 40.3 Å². The maximum atomic E-state index is 13.4. The molecule has 3 rings (SSSR count). The quantitative estimate of drug-likeness (QED) is 0.874. The van der Waals surface area contributed by atoms with Gasteiger partial charge >= 0.3 is 5.97 Å². The van der Waals surface area contributed by atoms with Crippen LogP contribution in [0.2, 0.25) is 0 Å². The predicted octanol–water partition coefficient (Wildman–Crippen LogP) is 2.71. The highest BCUT2D eigenvalue weighted by Gasteiger charge is 2.19. The summed E-state index contributed by atoms with van der Waals surface area (Å²) in [5.74, 6) is -2.72. The van der Waals surface area contributed by atoms with E-state index >= 15 is 0 Å². The summed E-state index contributed by atoms with van der Waals surface area (Å²) in [6.07, 6.45) is 3.06. The molecule has 1 saturated heterocycles. The summed E-state index contributed by atoms with van der Waals surface area (Å²) in [6.45, 7) is 1.18. The first kappa shape index (κ1) is 16.3. The number of carbonyl (C=O) groups is 1. The van der Waals surface area contributed by atoms with E-state index in [4.69, 9.17) is 4.74 Å². The van der Waals surface area contributed by atoms with Crippen LogP contribution in [0.3, 0.4) is 0 Å². The highest BCUT2D eigenvalue weighted by atomic mass is 19.1. The minimum Gasteiger partial charge on any atom is -0.478 e. The maximum Gasteiger partial charge on any atom is 0.339 e. The highest BCUT2D eigenvalue weighted by molar-refractivity contribution is 5.94. The van der Waals surface area contributed by atoms with E-state index in [9.17, 15) is 18.7 Å². The molecule has 1 aliphatic rings. The lowest BCUT2D eigenvalue weighted by molar-refractivity contribution is 0.0697. The van der Waals surface area contributed by atoms with Gasteiger partial charge in [-0.2, -0.15) is 0 Å². The van der Waals surface area contributed by atoms with Crippen molar-refractivity contribution in [2.75, 3.05) is 18.5 Å². The largest absolute Gasteiger partial charge is 0.478 e. The number of ether oxygens (including phenoxy) is 1. The van der Waals surface area contributed by atoms with E-state index in [1.807, 2.05) is 0 Å². The fourth-order valence-electron chi connectivity index (χ4n) is 2.54. The van der Waals surface area contributed by atoms with Gasteiger partial charge in [-0.05, 0) is 25.0 Å². The Morgan fingerprint density at radius 3 is 2.71 bits per heavy atom. The Morgan fingerprint density at radius 2 is 2.08 bits per heavy atom. The molecule has 0 spiro atoms. The highest BCUT2D eigenvalue weighted by Crippen LogP contribution is 2.24. The van der Waals surface area contributed by atoms with E-state index in [0.29, 0.717) is 19.2 Å². The molecular weight excluding hydrogens is 320 g/mol. The fourth-order valence-corrected chi connectivity index (χ4v) is 2.54. The van der Waals surface area contributed by atoms with E-state index in [1.165, 1.54) is 0 Å². The monoisotopic (exact) mass is 335 g/mol. The number of halogens is 2. The third-order valence-electron chi connectivity index (χ3n) is 3.67. The standard InChI is InChI=1S/C16H15F2N3O3/c17-10-4-9(5-11(18)6-10)14-13(15(22)23)8-20-16(21-14)19-7-12-2-1-3-24-12/h4-6,8,12H,1-3,7H2,(H,22,23)(H,19,20,21). The lowest BCUT2D eigenvalue weighted by Crippen LogP contribution is -2.20. The zero-order valence-corrected chi connectivity index (χ0v) is 12.6. The molecule has 2 N–H and O–H groups in total. The van der Waals surface area contributed by atoms with Crippen LogP contribution in [0.5, 0.6) is 0 Å². The Kier molecular flexibility index (Phi) is 4.66. The van der Waals surface area contributed by atoms with Gasteiger partial charge in [0.15, 0.2) is 0 Å². The number of benzene rings is 1. The predicted molar refractivity (Wildman–Crippen MR) is 81.8 cm³/mol. The number of nitrogens with one attached hydrogen (secondary N) is 1. The van der Waals surface area contributed by atoms with Gasteiger partial charge in [0.1, 0.15) is 17.2 Å². The molecule has 0 amide bonds. The minimum atomic E-state index is -1.28. The van der Waals surface area contributed by atoms with Crippen molar-refractivity contribution in [3.63, 3.8) is 0 Å². The van der Waals surface area contributed by atoms with Crippen LogP contribution in [0.25, 0.3) is 11.3 Å². The van der Waals surface area contributed by atoms with Crippen LogP contribution in [0, 0.1) is 11.6 Å². The third kappa shape index (κ3) is 3.65. The number of nitrogens with zero attached hydrogens (tertiary/aromatic N) is 2. The van der Waals surface area contributed by atoms with Crippen LogP contribution >= 0.6 is 0 Å². The Labute approximate surface area is 136 Å². The van der Waals surface area contributed by atoms with Gasteiger partial charge in [0.05, 0.1) is 11.8 Å². The Bertz CT molecular complexity index is 744. The van der Waals surface area contributed by atoms with Crippen molar-refractivity contribution in [2.45, 2.75) is 18.9 Å². The van der Waals surface area contributed by atoms with Gasteiger partial charge < -0.3 is 15.2 Å². The Morgan fingerprint density at radius 1 is 1.33 bits per heavy atom. The number of anilines is 1. The van der Waals surface area contributed by atoms with Crippen LogP contribution in [0.15, 0.2) is 24.4 Å². The molecule has 24 heavy (non-hydrogen) atoms. The van der Waals surface area contributed by atoms with Gasteiger partial charge in [-0.3, -0.25) is 0 Å². The normalized spacial score (nSPS) is 17.0. The van der Waals surface area contributed by atoms with Gasteiger partial charge in [0.2, 0.25) is 5.95 Å². The van der Waals surface area contributed by atoms with Gasteiger partial charge in [-0.25, -0.2) is 23.5 Å². The minimum absolute atomic E-state index is 0.0347. The summed E-state index contributed by atoms with van der Waals surface area (Å²) < 4.78 is 32.3. The molecule has 6 nitrogen and oxygen atoms in total. The van der Waals surface area contributed by atoms with Gasteiger partial charge in [0.25, 0.3) is 0 Å². The van der Waals surface area contributed by atoms with E-state index in [1.54, 1.807) is 0 Å². The van der Waals surface area contributed by atoms with E-state index < -0.39 is 17.6 Å². The first-order valence-electron chi connectivity index (χ1n) is 7.45. The van der Waals surface area contributed by atoms with Crippen molar-refractivity contribution in [2.24, 2.45) is 0 Å². The number of carboxylic acid groups (broad SMARTS) is 1. The van der Waals surface area contributed by atoms with Crippen molar-refractivity contribution < 1.29 is 23.4 Å². The van der Waals surface area contributed by atoms with Crippen molar-refractivity contribution in [3.8, 4) is 11.3 Å². The second-order valence-electron chi connectivity index (χ2n) is 5.44. The lowest BCUT2D eigenvalue weighted by atomic mass is 10.1. The number of hydrogen-bond acceptors (Lipinski definition) is 5. The molecule has 0 aliphatic carbocycles. The molecular formula is C16H15F2N3O3. The molecule has 1 aromatic carbocycles. The summed E-state index contributed by atoms with van der Waals surface area (Å²) in [4.78, 5) is 19.4. The molecule has 1 atom stereocenters. The third-order valence-corrected chi connectivity index (χ3v) is 3.67. The van der Waals surface area contributed by atoms with E-state index in [-0.39, 0.29) is 28.9 Å². The molecule has 8 heteroatoms. The van der Waals surface area contributed by atoms with Crippen LogP contribution in [-0.2, 0) is 4.74 Å². The smallest absolute Gasteiger partial charge is 0.339 e. The topological polar surface area (TPSA) is 84.3 Å². The summed E-state index contributed by atoms with van der Waals surface area (Å²) in [5, 5.41) is 12.2. The van der Waals surface area contributed by atoms with Crippen molar-refractivity contribution in [1.82, 2.24) is 9.97 Å². The SMILES string of the molecule is O=C(O)c1cnc(NCC2CCCO2)nc1-c1cc(F)cc(F)c1. The molecule has 0 radical (unpaired) electrons. The first-order chi connectivity index (χ1) is 11.5. The second kappa shape index (κ2) is 6.88. The molecule has 126 valence electrons. The first-order valence-corrected chi connectivity index (χ1v) is 7.45. The van der Waals surface area contributed by atoms with Crippen molar-refractivity contribution in [3.05, 3.63) is 41.6 Å². The zero-order valence-electron chi connectivity index (χ0n) is 12.6. The molecule has 0 bridgehead atoms. The Hall–Kier alpha value is -2.61. The van der Waals surface area contributed by atoms with Gasteiger partial charge in [-0.1, -0.05) is 0 Å². The number of aromatic carboxylic acids is 1. The molecule has 0 saturated carbocycles. The van der Waals surface area contributed by atoms with Crippen LogP contribution < -0.4 is 5.32 Å². The molecule has 1 unspecified atom stereocenters. The van der Waals surface area contributed by atoms with Crippen molar-refractivity contribution in [1.29, 1.82) is 0 Å². The maximum absolute atomic E-state index is 13.4. The van der Waals surface area contributed by atoms with E-state index in [0.717, 1.165) is 31.2 Å². The Balaban J connectivity index is 1.92. The van der Waals surface area contributed by atoms with Crippen LogP contribution in [0.1, 0.15) is 23.2 Å². The average molecular weight is 335 g/mol. The summed E-state index contributed by atoms with van der Waals surface area (Å²) >= 11 is 0. The molecule has 1 aliphatic heterocycles. The number of hydrogen-bond donors (Lipinski definition) is 2. The van der Waals surface area contributed by atoms with E-state index in [2.05, 4.69) is 15.3 Å². The molecule has 2 heterocycles. The molecule has 1 aromatic heterocycles. The summed E-state index contributed by atoms with van der Waals surface area (Å²) in [7, 11) is 0. The summed E-state index contributed by atoms with van der Waals surface area (Å²) in [5.41, 5.74) is -0.249. The van der Waals surface area contributed by atoms with Crippen LogP contribution in [0.4, 0.5) is 14.7 Å². The number of rotatable bonds is 5. The van der Waals surface area contributed by atoms with Gasteiger partial charge in [0, 0.05) is 31.0 Å². The zero-order chi connectivity index (χ0) is 17.1. The second-order valence-corrected chi connectivity index (χ2v) is 5.44. The van der Waals surface area contributed by atoms with Crippen molar-refractivity contribution >= 4 is 11.9 Å². The van der Waals surface area contributed by atoms with Gasteiger partial charge in [-0.15, -0.1) is 0 Å². The number of carboxylic acids is 1. The average Bonchev–Trinajstić information content (AvgIpc) is 3.05. The molecule has 1 fully saturated rings. The summed E-state index contributed by atoms with van der Waals surface area (Å²) in [6, 6.07) is 2.77.